The van der Waals surface area contributed by atoms with E-state index in [-0.39, 0.29) is 11.2 Å². The molecule has 0 saturated heterocycles. The van der Waals surface area contributed by atoms with Crippen LogP contribution in [0.4, 0.5) is 0 Å². The first-order valence-electron chi connectivity index (χ1n) is 10.5. The van der Waals surface area contributed by atoms with Crippen molar-refractivity contribution < 1.29 is 0 Å². The number of hydrogen-bond donors (Lipinski definition) is 1. The molecule has 0 fully saturated rings. The Morgan fingerprint density at radius 2 is 1.87 bits per heavy atom. The number of hydrogen-bond acceptors (Lipinski definition) is 4. The largest absolute Gasteiger partial charge is 0.332 e. The van der Waals surface area contributed by atoms with Gasteiger partial charge in [0.15, 0.2) is 11.2 Å². The molecule has 0 saturated carbocycles. The highest BCUT2D eigenvalue weighted by molar-refractivity contribution is 5.71. The van der Waals surface area contributed by atoms with Crippen LogP contribution in [0.3, 0.4) is 0 Å². The van der Waals surface area contributed by atoms with E-state index in [4.69, 9.17) is 0 Å². The second-order valence-electron chi connectivity index (χ2n) is 7.73. The summed E-state index contributed by atoms with van der Waals surface area (Å²) in [5.41, 5.74) is 1.62. The molecule has 0 amide bonds. The standard InChI is InChI=1S/C23H31N5O2/c1-5-6-13-19-25-21-20(22(29)27(4)23(30)26(21)3)28(19)15-10-14-24-17(2)16-18-11-8-7-9-12-18/h5-9,11-12,17,24H,10,13-16H2,1-4H3/b6-5+. The molecule has 160 valence electrons. The minimum Gasteiger partial charge on any atom is -0.322 e. The maximum absolute atomic E-state index is 12.8. The van der Waals surface area contributed by atoms with Crippen LogP contribution in [0.15, 0.2) is 52.1 Å². The Morgan fingerprint density at radius 3 is 2.57 bits per heavy atom. The summed E-state index contributed by atoms with van der Waals surface area (Å²) in [4.78, 5) is 29.7. The molecule has 1 atom stereocenters. The van der Waals surface area contributed by atoms with Gasteiger partial charge in [-0.05, 0) is 38.8 Å². The summed E-state index contributed by atoms with van der Waals surface area (Å²) in [5, 5.41) is 3.56. The van der Waals surface area contributed by atoms with E-state index >= 15 is 0 Å². The lowest BCUT2D eigenvalue weighted by Crippen LogP contribution is -2.37. The molecule has 30 heavy (non-hydrogen) atoms. The van der Waals surface area contributed by atoms with Crippen LogP contribution in [0.1, 0.15) is 31.7 Å². The van der Waals surface area contributed by atoms with Crippen molar-refractivity contribution in [3.63, 3.8) is 0 Å². The molecular formula is C23H31N5O2. The number of aryl methyl sites for hydroxylation is 2. The van der Waals surface area contributed by atoms with Crippen LogP contribution in [0, 0.1) is 0 Å². The lowest BCUT2D eigenvalue weighted by atomic mass is 10.1. The molecule has 0 aliphatic heterocycles. The van der Waals surface area contributed by atoms with Crippen LogP contribution in [-0.2, 0) is 33.5 Å². The minimum absolute atomic E-state index is 0.294. The van der Waals surface area contributed by atoms with Crippen molar-refractivity contribution in [3.05, 3.63) is 74.7 Å². The van der Waals surface area contributed by atoms with Gasteiger partial charge in [0.05, 0.1) is 0 Å². The number of allylic oxidation sites excluding steroid dienone is 2. The van der Waals surface area contributed by atoms with Gasteiger partial charge in [-0.3, -0.25) is 13.9 Å². The molecule has 1 N–H and O–H groups in total. The van der Waals surface area contributed by atoms with Gasteiger partial charge in [0.1, 0.15) is 5.82 Å². The van der Waals surface area contributed by atoms with Crippen molar-refractivity contribution in [1.29, 1.82) is 0 Å². The maximum atomic E-state index is 12.8. The molecule has 2 aromatic heterocycles. The summed E-state index contributed by atoms with van der Waals surface area (Å²) in [5.74, 6) is 0.804. The van der Waals surface area contributed by atoms with Crippen LogP contribution in [0.5, 0.6) is 0 Å². The summed E-state index contributed by atoms with van der Waals surface area (Å²) in [7, 11) is 3.17. The smallest absolute Gasteiger partial charge is 0.322 e. The predicted octanol–water partition coefficient (Wildman–Crippen LogP) is 2.16. The molecule has 0 spiro atoms. The lowest BCUT2D eigenvalue weighted by Gasteiger charge is -2.15. The molecule has 0 aliphatic carbocycles. The van der Waals surface area contributed by atoms with Gasteiger partial charge >= 0.3 is 5.69 Å². The first-order chi connectivity index (χ1) is 14.4. The molecule has 7 heteroatoms. The maximum Gasteiger partial charge on any atom is 0.332 e. The number of aromatic nitrogens is 4. The molecule has 3 rings (SSSR count). The monoisotopic (exact) mass is 409 g/mol. The van der Waals surface area contributed by atoms with Gasteiger partial charge in [-0.2, -0.15) is 0 Å². The Hall–Kier alpha value is -2.93. The van der Waals surface area contributed by atoms with E-state index < -0.39 is 0 Å². The number of nitrogens with zero attached hydrogens (tertiary/aromatic N) is 4. The first kappa shape index (κ1) is 21.8. The van der Waals surface area contributed by atoms with Crippen molar-refractivity contribution in [2.75, 3.05) is 6.54 Å². The third-order valence-electron chi connectivity index (χ3n) is 5.40. The zero-order chi connectivity index (χ0) is 21.7. The Labute approximate surface area is 176 Å². The van der Waals surface area contributed by atoms with Gasteiger partial charge < -0.3 is 9.88 Å². The van der Waals surface area contributed by atoms with Crippen LogP contribution in [0.25, 0.3) is 11.2 Å². The van der Waals surface area contributed by atoms with E-state index in [1.54, 1.807) is 7.05 Å². The summed E-state index contributed by atoms with van der Waals surface area (Å²) >= 11 is 0. The molecule has 1 aromatic carbocycles. The highest BCUT2D eigenvalue weighted by atomic mass is 16.2. The fourth-order valence-corrected chi connectivity index (χ4v) is 3.74. The highest BCUT2D eigenvalue weighted by Crippen LogP contribution is 2.13. The van der Waals surface area contributed by atoms with E-state index in [1.807, 2.05) is 29.7 Å². The normalized spacial score (nSPS) is 12.8. The summed E-state index contributed by atoms with van der Waals surface area (Å²) < 4.78 is 4.58. The van der Waals surface area contributed by atoms with E-state index in [0.717, 1.165) is 29.8 Å². The van der Waals surface area contributed by atoms with Crippen LogP contribution in [0.2, 0.25) is 0 Å². The second kappa shape index (κ2) is 9.71. The molecule has 1 unspecified atom stereocenters. The van der Waals surface area contributed by atoms with Gasteiger partial charge in [-0.15, -0.1) is 0 Å². The summed E-state index contributed by atoms with van der Waals surface area (Å²) in [6, 6.07) is 10.8. The Balaban J connectivity index is 1.76. The van der Waals surface area contributed by atoms with Gasteiger partial charge in [0.25, 0.3) is 5.56 Å². The Bertz CT molecular complexity index is 1140. The van der Waals surface area contributed by atoms with Gasteiger partial charge in [-0.1, -0.05) is 42.5 Å². The quantitative estimate of drug-likeness (QED) is 0.434. The predicted molar refractivity (Wildman–Crippen MR) is 121 cm³/mol. The van der Waals surface area contributed by atoms with Gasteiger partial charge in [-0.25, -0.2) is 9.78 Å². The zero-order valence-electron chi connectivity index (χ0n) is 18.3. The van der Waals surface area contributed by atoms with Crippen molar-refractivity contribution in [2.45, 2.75) is 45.7 Å². The second-order valence-corrected chi connectivity index (χ2v) is 7.73. The van der Waals surface area contributed by atoms with Crippen molar-refractivity contribution >= 4 is 11.2 Å². The highest BCUT2D eigenvalue weighted by Gasteiger charge is 2.18. The molecule has 2 heterocycles. The van der Waals surface area contributed by atoms with Crippen molar-refractivity contribution in [3.8, 4) is 0 Å². The third-order valence-corrected chi connectivity index (χ3v) is 5.40. The van der Waals surface area contributed by atoms with E-state index in [1.165, 1.54) is 17.2 Å². The summed E-state index contributed by atoms with van der Waals surface area (Å²) in [6.07, 6.45) is 6.44. The van der Waals surface area contributed by atoms with Crippen LogP contribution < -0.4 is 16.6 Å². The number of nitrogens with one attached hydrogen (secondary N) is 1. The molecule has 0 aliphatic rings. The van der Waals surface area contributed by atoms with Crippen LogP contribution >= 0.6 is 0 Å². The third kappa shape index (κ3) is 4.62. The number of fused-ring (bicyclic) bond motifs is 1. The van der Waals surface area contributed by atoms with E-state index in [2.05, 4.69) is 41.5 Å². The topological polar surface area (TPSA) is 73.8 Å². The van der Waals surface area contributed by atoms with E-state index in [0.29, 0.717) is 30.2 Å². The SMILES string of the molecule is C/C=C/Cc1nc2c(c(=O)n(C)c(=O)n2C)n1CCCNC(C)Cc1ccccc1. The number of imidazole rings is 1. The fourth-order valence-electron chi connectivity index (χ4n) is 3.74. The average molecular weight is 410 g/mol. The minimum atomic E-state index is -0.355. The number of benzene rings is 1. The number of rotatable bonds is 9. The Morgan fingerprint density at radius 1 is 1.13 bits per heavy atom. The van der Waals surface area contributed by atoms with Crippen molar-refractivity contribution in [1.82, 2.24) is 24.0 Å². The average Bonchev–Trinajstić information content (AvgIpc) is 3.11. The van der Waals surface area contributed by atoms with Gasteiger partial charge in [0, 0.05) is 33.1 Å². The molecule has 0 bridgehead atoms. The van der Waals surface area contributed by atoms with E-state index in [9.17, 15) is 9.59 Å². The molecule has 7 nitrogen and oxygen atoms in total. The fraction of sp³-hybridized carbons (Fsp3) is 0.435. The Kier molecular flexibility index (Phi) is 7.05. The molecule has 0 radical (unpaired) electrons. The van der Waals surface area contributed by atoms with Crippen molar-refractivity contribution in [2.24, 2.45) is 14.1 Å². The lowest BCUT2D eigenvalue weighted by molar-refractivity contribution is 0.509. The molecule has 3 aromatic rings. The van der Waals surface area contributed by atoms with Crippen LogP contribution in [-0.4, -0.2) is 31.3 Å². The molecular weight excluding hydrogens is 378 g/mol. The summed E-state index contributed by atoms with van der Waals surface area (Å²) in [6.45, 7) is 5.65. The first-order valence-corrected chi connectivity index (χ1v) is 10.5. The zero-order valence-corrected chi connectivity index (χ0v) is 18.3. The van der Waals surface area contributed by atoms with Gasteiger partial charge in [0.2, 0.25) is 0 Å².